The molecular formula is C2H8N4O4S2. The molecule has 12 heavy (non-hydrogen) atoms. The maximum absolute atomic E-state index is 10.9. The quantitative estimate of drug-likeness (QED) is 0.314. The molecule has 10 heteroatoms. The standard InChI is InChI=1S/C2H8N4O4S2/c7-11(8)2-1-3-4-5-6-12(11,9)10/h3-6H,1-2H2. The Hall–Kier alpha value is -0.260. The molecular weight excluding hydrogens is 208 g/mol. The van der Waals surface area contributed by atoms with Gasteiger partial charge in [-0.2, -0.15) is 19.5 Å². The van der Waals surface area contributed by atoms with Crippen LogP contribution in [-0.4, -0.2) is 29.1 Å². The molecule has 1 aliphatic heterocycles. The lowest BCUT2D eigenvalue weighted by atomic mass is 10.8. The number of nitrogens with one attached hydrogen (secondary N) is 4. The van der Waals surface area contributed by atoms with E-state index in [2.05, 4.69) is 11.0 Å². The van der Waals surface area contributed by atoms with Crippen molar-refractivity contribution in [3.63, 3.8) is 0 Å². The summed E-state index contributed by atoms with van der Waals surface area (Å²) in [6, 6.07) is 0. The SMILES string of the molecule is O=S1(=O)CCNNNNS1(=O)=O. The van der Waals surface area contributed by atoms with E-state index in [0.717, 1.165) is 0 Å². The van der Waals surface area contributed by atoms with Crippen LogP contribution in [0.4, 0.5) is 0 Å². The first-order valence-electron chi connectivity index (χ1n) is 2.93. The molecule has 1 heterocycles. The first-order chi connectivity index (χ1) is 5.46. The smallest absolute Gasteiger partial charge is 0.242 e. The minimum Gasteiger partial charge on any atom is -0.242 e. The first-order valence-corrected chi connectivity index (χ1v) is 6.58. The van der Waals surface area contributed by atoms with E-state index in [4.69, 9.17) is 0 Å². The van der Waals surface area contributed by atoms with Gasteiger partial charge in [-0.3, -0.25) is 0 Å². The molecule has 0 atom stereocenters. The molecule has 8 nitrogen and oxygen atoms in total. The van der Waals surface area contributed by atoms with E-state index < -0.39 is 23.7 Å². The third-order valence-corrected chi connectivity index (χ3v) is 5.62. The van der Waals surface area contributed by atoms with Crippen LogP contribution in [0.15, 0.2) is 0 Å². The topological polar surface area (TPSA) is 116 Å². The lowest BCUT2D eigenvalue weighted by molar-refractivity contribution is 0.418. The Balaban J connectivity index is 2.97. The second-order valence-electron chi connectivity index (χ2n) is 1.99. The maximum atomic E-state index is 10.9. The molecule has 0 aromatic rings. The third-order valence-electron chi connectivity index (χ3n) is 1.14. The molecule has 0 spiro atoms. The van der Waals surface area contributed by atoms with Crippen LogP contribution in [0.25, 0.3) is 0 Å². The summed E-state index contributed by atoms with van der Waals surface area (Å²) in [7, 11) is -8.44. The molecule has 72 valence electrons. The molecule has 0 unspecified atom stereocenters. The van der Waals surface area contributed by atoms with Crippen LogP contribution in [0.1, 0.15) is 0 Å². The summed E-state index contributed by atoms with van der Waals surface area (Å²) < 4.78 is 43.5. The zero-order valence-corrected chi connectivity index (χ0v) is 7.50. The fourth-order valence-electron chi connectivity index (χ4n) is 0.544. The van der Waals surface area contributed by atoms with Gasteiger partial charge in [0, 0.05) is 6.54 Å². The Bertz CT molecular complexity index is 307. The second kappa shape index (κ2) is 3.24. The Morgan fingerprint density at radius 3 is 2.33 bits per heavy atom. The molecule has 1 aliphatic rings. The molecule has 0 saturated carbocycles. The molecule has 1 saturated heterocycles. The normalized spacial score (nSPS) is 28.7. The number of hydrazine groups is 3. The summed E-state index contributed by atoms with van der Waals surface area (Å²) in [4.78, 5) is 1.61. The van der Waals surface area contributed by atoms with E-state index in [-0.39, 0.29) is 6.54 Å². The Morgan fingerprint density at radius 1 is 1.00 bits per heavy atom. The fourth-order valence-corrected chi connectivity index (χ4v) is 2.83. The molecule has 0 radical (unpaired) electrons. The summed E-state index contributed by atoms with van der Waals surface area (Å²) in [6.07, 6.45) is 0. The van der Waals surface area contributed by atoms with E-state index >= 15 is 0 Å². The lowest BCUT2D eigenvalue weighted by Gasteiger charge is -2.14. The second-order valence-corrected chi connectivity index (χ2v) is 7.47. The zero-order valence-electron chi connectivity index (χ0n) is 5.86. The predicted octanol–water partition coefficient (Wildman–Crippen LogP) is -3.24. The average Bonchev–Trinajstić information content (AvgIpc) is 1.94. The van der Waals surface area contributed by atoms with E-state index in [1.165, 1.54) is 0 Å². The van der Waals surface area contributed by atoms with Crippen molar-refractivity contribution in [3.05, 3.63) is 0 Å². The number of hydrogen-bond donors (Lipinski definition) is 4. The molecule has 0 aliphatic carbocycles. The van der Waals surface area contributed by atoms with Gasteiger partial charge in [-0.05, 0) is 0 Å². The van der Waals surface area contributed by atoms with Gasteiger partial charge >= 0.3 is 9.06 Å². The van der Waals surface area contributed by atoms with Crippen molar-refractivity contribution >= 4 is 17.9 Å². The molecule has 0 aromatic heterocycles. The molecule has 1 rings (SSSR count). The van der Waals surface area contributed by atoms with Crippen LogP contribution in [0.5, 0.6) is 0 Å². The van der Waals surface area contributed by atoms with Gasteiger partial charge in [-0.15, -0.1) is 4.83 Å². The van der Waals surface area contributed by atoms with E-state index in [1.807, 2.05) is 5.53 Å². The highest BCUT2D eigenvalue weighted by Crippen LogP contribution is 1.98. The zero-order chi connectivity index (χ0) is 9.24. The summed E-state index contributed by atoms with van der Waals surface area (Å²) in [5, 5.41) is 0. The van der Waals surface area contributed by atoms with Gasteiger partial charge in [0.15, 0.2) is 0 Å². The fraction of sp³-hybridized carbons (Fsp3) is 1.00. The largest absolute Gasteiger partial charge is 0.331 e. The van der Waals surface area contributed by atoms with Gasteiger partial charge < -0.3 is 0 Å². The van der Waals surface area contributed by atoms with Crippen molar-refractivity contribution in [2.75, 3.05) is 12.3 Å². The van der Waals surface area contributed by atoms with Crippen LogP contribution >= 0.6 is 0 Å². The summed E-state index contributed by atoms with van der Waals surface area (Å²) in [5.74, 6) is -0.475. The van der Waals surface area contributed by atoms with Crippen LogP contribution in [0.2, 0.25) is 0 Å². The summed E-state index contributed by atoms with van der Waals surface area (Å²) in [5.41, 5.74) is 6.59. The van der Waals surface area contributed by atoms with Crippen LogP contribution in [-0.2, 0) is 17.9 Å². The van der Waals surface area contributed by atoms with E-state index in [1.54, 1.807) is 4.83 Å². The maximum Gasteiger partial charge on any atom is 0.331 e. The van der Waals surface area contributed by atoms with Gasteiger partial charge in [0.05, 0.1) is 5.75 Å². The Labute approximate surface area is 69.0 Å². The van der Waals surface area contributed by atoms with Gasteiger partial charge in [0.25, 0.3) is 8.87 Å². The van der Waals surface area contributed by atoms with Crippen LogP contribution in [0, 0.1) is 0 Å². The summed E-state index contributed by atoms with van der Waals surface area (Å²) in [6.45, 7) is 0.0102. The minimum absolute atomic E-state index is 0.0102. The predicted molar refractivity (Wildman–Crippen MR) is 40.1 cm³/mol. The van der Waals surface area contributed by atoms with E-state index in [0.29, 0.717) is 0 Å². The molecule has 1 fully saturated rings. The third kappa shape index (κ3) is 1.91. The van der Waals surface area contributed by atoms with Gasteiger partial charge in [0.1, 0.15) is 0 Å². The molecule has 0 amide bonds. The highest BCUT2D eigenvalue weighted by molar-refractivity contribution is 8.66. The van der Waals surface area contributed by atoms with Crippen molar-refractivity contribution in [1.29, 1.82) is 0 Å². The Morgan fingerprint density at radius 2 is 1.67 bits per heavy atom. The lowest BCUT2D eigenvalue weighted by Crippen LogP contribution is -2.57. The van der Waals surface area contributed by atoms with Gasteiger partial charge in [-0.1, -0.05) is 0 Å². The van der Waals surface area contributed by atoms with Crippen molar-refractivity contribution in [2.24, 2.45) is 0 Å². The number of rotatable bonds is 0. The minimum atomic E-state index is -4.31. The van der Waals surface area contributed by atoms with Gasteiger partial charge in [0.2, 0.25) is 0 Å². The highest BCUT2D eigenvalue weighted by atomic mass is 33.2. The average molecular weight is 216 g/mol. The highest BCUT2D eigenvalue weighted by Gasteiger charge is 2.29. The van der Waals surface area contributed by atoms with Crippen molar-refractivity contribution < 1.29 is 16.8 Å². The molecule has 0 aromatic carbocycles. The van der Waals surface area contributed by atoms with E-state index in [9.17, 15) is 16.8 Å². The molecule has 0 bridgehead atoms. The first kappa shape index (κ1) is 9.83. The van der Waals surface area contributed by atoms with Gasteiger partial charge in [-0.25, -0.2) is 13.8 Å². The monoisotopic (exact) mass is 216 g/mol. The summed E-state index contributed by atoms with van der Waals surface area (Å²) >= 11 is 0. The van der Waals surface area contributed by atoms with Crippen LogP contribution in [0.3, 0.4) is 0 Å². The van der Waals surface area contributed by atoms with Crippen molar-refractivity contribution in [1.82, 2.24) is 21.3 Å². The molecule has 4 N–H and O–H groups in total. The van der Waals surface area contributed by atoms with Crippen LogP contribution < -0.4 is 21.3 Å². The Kier molecular flexibility index (Phi) is 2.65. The number of hydrogen-bond acceptors (Lipinski definition) is 7. The van der Waals surface area contributed by atoms with Crippen molar-refractivity contribution in [3.8, 4) is 0 Å². The van der Waals surface area contributed by atoms with Crippen molar-refractivity contribution in [2.45, 2.75) is 0 Å².